The highest BCUT2D eigenvalue weighted by molar-refractivity contribution is 9.10. The fourth-order valence-electron chi connectivity index (χ4n) is 2.33. The molecule has 2 rings (SSSR count). The van der Waals surface area contributed by atoms with Gasteiger partial charge < -0.3 is 4.90 Å². The van der Waals surface area contributed by atoms with Crippen molar-refractivity contribution in [3.05, 3.63) is 34.3 Å². The van der Waals surface area contributed by atoms with Gasteiger partial charge in [-0.25, -0.2) is 0 Å². The van der Waals surface area contributed by atoms with Crippen LogP contribution in [0.3, 0.4) is 0 Å². The molecule has 1 aliphatic heterocycles. The Kier molecular flexibility index (Phi) is 4.21. The average Bonchev–Trinajstić information content (AvgIpc) is 2.32. The zero-order valence-electron chi connectivity index (χ0n) is 10.2. The SMILES string of the molecule is CC1CCCN(C(=O)Cc2ccccc2Br)C1. The first-order valence-corrected chi connectivity index (χ1v) is 6.97. The number of nitrogens with zero attached hydrogens (tertiary/aromatic N) is 1. The van der Waals surface area contributed by atoms with Crippen molar-refractivity contribution in [3.8, 4) is 0 Å². The Morgan fingerprint density at radius 2 is 2.24 bits per heavy atom. The Morgan fingerprint density at radius 3 is 2.94 bits per heavy atom. The van der Waals surface area contributed by atoms with E-state index in [1.165, 1.54) is 6.42 Å². The molecule has 1 heterocycles. The molecule has 1 atom stereocenters. The summed E-state index contributed by atoms with van der Waals surface area (Å²) >= 11 is 3.49. The fourth-order valence-corrected chi connectivity index (χ4v) is 2.76. The minimum Gasteiger partial charge on any atom is -0.342 e. The smallest absolute Gasteiger partial charge is 0.227 e. The highest BCUT2D eigenvalue weighted by Crippen LogP contribution is 2.20. The lowest BCUT2D eigenvalue weighted by atomic mass is 9.99. The summed E-state index contributed by atoms with van der Waals surface area (Å²) in [5.74, 6) is 0.898. The maximum Gasteiger partial charge on any atom is 0.227 e. The minimum atomic E-state index is 0.253. The van der Waals surface area contributed by atoms with Crippen molar-refractivity contribution in [2.75, 3.05) is 13.1 Å². The van der Waals surface area contributed by atoms with E-state index in [-0.39, 0.29) is 5.91 Å². The lowest BCUT2D eigenvalue weighted by Crippen LogP contribution is -2.39. The minimum absolute atomic E-state index is 0.253. The van der Waals surface area contributed by atoms with Crippen LogP contribution in [0.25, 0.3) is 0 Å². The predicted octanol–water partition coefficient (Wildman–Crippen LogP) is 3.25. The third-order valence-electron chi connectivity index (χ3n) is 3.31. The van der Waals surface area contributed by atoms with Crippen LogP contribution in [-0.2, 0) is 11.2 Å². The number of piperidine rings is 1. The van der Waals surface area contributed by atoms with E-state index in [1.807, 2.05) is 29.2 Å². The van der Waals surface area contributed by atoms with Crippen LogP contribution >= 0.6 is 15.9 Å². The monoisotopic (exact) mass is 295 g/mol. The van der Waals surface area contributed by atoms with E-state index < -0.39 is 0 Å². The van der Waals surface area contributed by atoms with Gasteiger partial charge in [0.25, 0.3) is 0 Å². The number of likely N-dealkylation sites (tertiary alicyclic amines) is 1. The second-order valence-corrected chi connectivity index (χ2v) is 5.71. The molecule has 1 aromatic rings. The average molecular weight is 296 g/mol. The van der Waals surface area contributed by atoms with Crippen molar-refractivity contribution in [1.82, 2.24) is 4.90 Å². The zero-order valence-corrected chi connectivity index (χ0v) is 11.7. The van der Waals surface area contributed by atoms with Gasteiger partial charge in [0.05, 0.1) is 6.42 Å². The van der Waals surface area contributed by atoms with E-state index in [0.29, 0.717) is 12.3 Å². The first-order valence-electron chi connectivity index (χ1n) is 6.18. The molecule has 0 spiro atoms. The molecule has 1 fully saturated rings. The number of carbonyl (C=O) groups is 1. The Labute approximate surface area is 111 Å². The van der Waals surface area contributed by atoms with Crippen molar-refractivity contribution in [1.29, 1.82) is 0 Å². The van der Waals surface area contributed by atoms with E-state index in [2.05, 4.69) is 22.9 Å². The summed E-state index contributed by atoms with van der Waals surface area (Å²) in [6.45, 7) is 4.06. The molecule has 1 saturated heterocycles. The molecule has 0 N–H and O–H groups in total. The zero-order chi connectivity index (χ0) is 12.3. The molecule has 0 aliphatic carbocycles. The standard InChI is InChI=1S/C14H18BrNO/c1-11-5-4-8-16(10-11)14(17)9-12-6-2-3-7-13(12)15/h2-3,6-7,11H,4-5,8-10H2,1H3. The Morgan fingerprint density at radius 1 is 1.47 bits per heavy atom. The van der Waals surface area contributed by atoms with E-state index >= 15 is 0 Å². The molecule has 17 heavy (non-hydrogen) atoms. The molecule has 0 bridgehead atoms. The van der Waals surface area contributed by atoms with Crippen LogP contribution in [0.15, 0.2) is 28.7 Å². The summed E-state index contributed by atoms with van der Waals surface area (Å²) in [5, 5.41) is 0. The van der Waals surface area contributed by atoms with Gasteiger partial charge in [0.15, 0.2) is 0 Å². The normalized spacial score (nSPS) is 20.4. The van der Waals surface area contributed by atoms with E-state index in [9.17, 15) is 4.79 Å². The fraction of sp³-hybridized carbons (Fsp3) is 0.500. The van der Waals surface area contributed by atoms with Gasteiger partial charge in [0.2, 0.25) is 5.91 Å². The highest BCUT2D eigenvalue weighted by atomic mass is 79.9. The van der Waals surface area contributed by atoms with Crippen LogP contribution in [0.1, 0.15) is 25.3 Å². The number of hydrogen-bond acceptors (Lipinski definition) is 1. The van der Waals surface area contributed by atoms with Crippen LogP contribution in [0, 0.1) is 5.92 Å². The summed E-state index contributed by atoms with van der Waals surface area (Å²) in [7, 11) is 0. The van der Waals surface area contributed by atoms with Gasteiger partial charge in [-0.2, -0.15) is 0 Å². The topological polar surface area (TPSA) is 20.3 Å². The van der Waals surface area contributed by atoms with Gasteiger partial charge >= 0.3 is 0 Å². The third kappa shape index (κ3) is 3.32. The van der Waals surface area contributed by atoms with Gasteiger partial charge in [-0.15, -0.1) is 0 Å². The molecule has 1 amide bonds. The van der Waals surface area contributed by atoms with E-state index in [0.717, 1.165) is 29.5 Å². The van der Waals surface area contributed by atoms with Crippen LogP contribution in [0.2, 0.25) is 0 Å². The van der Waals surface area contributed by atoms with Crippen LogP contribution < -0.4 is 0 Å². The Bertz CT molecular complexity index is 405. The second-order valence-electron chi connectivity index (χ2n) is 4.86. The number of hydrogen-bond donors (Lipinski definition) is 0. The van der Waals surface area contributed by atoms with Crippen molar-refractivity contribution >= 4 is 21.8 Å². The lowest BCUT2D eigenvalue weighted by molar-refractivity contribution is -0.132. The number of amides is 1. The highest BCUT2D eigenvalue weighted by Gasteiger charge is 2.21. The van der Waals surface area contributed by atoms with Crippen LogP contribution in [0.5, 0.6) is 0 Å². The molecular formula is C14H18BrNO. The lowest BCUT2D eigenvalue weighted by Gasteiger charge is -2.31. The van der Waals surface area contributed by atoms with Crippen molar-refractivity contribution in [2.45, 2.75) is 26.2 Å². The molecule has 92 valence electrons. The molecule has 1 aromatic carbocycles. The van der Waals surface area contributed by atoms with Gasteiger partial charge in [0.1, 0.15) is 0 Å². The summed E-state index contributed by atoms with van der Waals surface area (Å²) < 4.78 is 1.03. The van der Waals surface area contributed by atoms with Gasteiger partial charge in [-0.05, 0) is 30.4 Å². The molecule has 1 aliphatic rings. The molecular weight excluding hydrogens is 278 g/mol. The maximum absolute atomic E-state index is 12.2. The number of rotatable bonds is 2. The third-order valence-corrected chi connectivity index (χ3v) is 4.08. The van der Waals surface area contributed by atoms with Crippen molar-refractivity contribution in [3.63, 3.8) is 0 Å². The summed E-state index contributed by atoms with van der Waals surface area (Å²) in [5.41, 5.74) is 1.08. The van der Waals surface area contributed by atoms with Crippen molar-refractivity contribution in [2.24, 2.45) is 5.92 Å². The molecule has 1 unspecified atom stereocenters. The largest absolute Gasteiger partial charge is 0.342 e. The van der Waals surface area contributed by atoms with Crippen molar-refractivity contribution < 1.29 is 4.79 Å². The molecule has 2 nitrogen and oxygen atoms in total. The molecule has 0 radical (unpaired) electrons. The summed E-state index contributed by atoms with van der Waals surface area (Å²) in [6, 6.07) is 7.95. The van der Waals surface area contributed by atoms with Gasteiger partial charge in [-0.1, -0.05) is 41.1 Å². The Balaban J connectivity index is 1.99. The summed E-state index contributed by atoms with van der Waals surface area (Å²) in [4.78, 5) is 14.2. The van der Waals surface area contributed by atoms with Gasteiger partial charge in [0, 0.05) is 17.6 Å². The van der Waals surface area contributed by atoms with Crippen LogP contribution in [0.4, 0.5) is 0 Å². The first kappa shape index (κ1) is 12.6. The number of carbonyl (C=O) groups excluding carboxylic acids is 1. The quantitative estimate of drug-likeness (QED) is 0.820. The molecule has 3 heteroatoms. The maximum atomic E-state index is 12.2. The summed E-state index contributed by atoms with van der Waals surface area (Å²) in [6.07, 6.45) is 2.90. The van der Waals surface area contributed by atoms with E-state index in [4.69, 9.17) is 0 Å². The predicted molar refractivity (Wildman–Crippen MR) is 72.8 cm³/mol. The Hall–Kier alpha value is -0.830. The first-order chi connectivity index (χ1) is 8.16. The van der Waals surface area contributed by atoms with Gasteiger partial charge in [-0.3, -0.25) is 4.79 Å². The van der Waals surface area contributed by atoms with E-state index in [1.54, 1.807) is 0 Å². The second kappa shape index (κ2) is 5.67. The number of halogens is 1. The molecule has 0 aromatic heterocycles. The molecule has 0 saturated carbocycles. The number of benzene rings is 1. The van der Waals surface area contributed by atoms with Crippen LogP contribution in [-0.4, -0.2) is 23.9 Å².